The summed E-state index contributed by atoms with van der Waals surface area (Å²) >= 11 is 1.31. The van der Waals surface area contributed by atoms with E-state index in [0.29, 0.717) is 26.9 Å². The quantitative estimate of drug-likeness (QED) is 0.245. The van der Waals surface area contributed by atoms with E-state index in [0.717, 1.165) is 41.8 Å². The Morgan fingerprint density at radius 3 is 2.50 bits per heavy atom. The molecule has 0 radical (unpaired) electrons. The van der Waals surface area contributed by atoms with Gasteiger partial charge in [-0.2, -0.15) is 0 Å². The van der Waals surface area contributed by atoms with Crippen molar-refractivity contribution < 1.29 is 27.8 Å². The number of hydrogen-bond acceptors (Lipinski definition) is 6. The fourth-order valence-corrected chi connectivity index (χ4v) is 6.37. The minimum Gasteiger partial charge on any atom is -0.476 e. The van der Waals surface area contributed by atoms with E-state index in [9.17, 15) is 27.8 Å². The molecule has 2 aromatic carbocycles. The Labute approximate surface area is 236 Å². The van der Waals surface area contributed by atoms with E-state index >= 15 is 0 Å². The van der Waals surface area contributed by atoms with E-state index in [-0.39, 0.29) is 12.2 Å². The third-order valence-corrected chi connectivity index (χ3v) is 9.07. The Hall–Kier alpha value is -3.38. The van der Waals surface area contributed by atoms with E-state index in [1.165, 1.54) is 29.5 Å². The number of aliphatic hydroxyl groups is 1. The zero-order chi connectivity index (χ0) is 29.0. The highest BCUT2D eigenvalue weighted by atomic mass is 32.2. The van der Waals surface area contributed by atoms with Crippen LogP contribution < -0.4 is 5.14 Å². The molecule has 0 bridgehead atoms. The topological polar surface area (TPSA) is 136 Å². The Kier molecular flexibility index (Phi) is 7.20. The summed E-state index contributed by atoms with van der Waals surface area (Å²) in [5.74, 6) is -1.56. The number of halogens is 1. The first-order valence-electron chi connectivity index (χ1n) is 12.8. The van der Waals surface area contributed by atoms with Crippen LogP contribution in [0.5, 0.6) is 0 Å². The van der Waals surface area contributed by atoms with Gasteiger partial charge >= 0.3 is 5.97 Å². The summed E-state index contributed by atoms with van der Waals surface area (Å²) in [5.41, 5.74) is 3.52. The molecule has 0 unspecified atom stereocenters. The number of aromatic nitrogens is 2. The summed E-state index contributed by atoms with van der Waals surface area (Å²) in [5, 5.41) is 26.0. The van der Waals surface area contributed by atoms with Crippen LogP contribution in [0.4, 0.5) is 4.39 Å². The second-order valence-corrected chi connectivity index (χ2v) is 13.5. The van der Waals surface area contributed by atoms with E-state index in [1.54, 1.807) is 20.8 Å². The molecule has 1 aliphatic rings. The van der Waals surface area contributed by atoms with Crippen LogP contribution in [-0.2, 0) is 28.6 Å². The number of aryl methyl sites for hydroxylation is 1. The van der Waals surface area contributed by atoms with Crippen LogP contribution >= 0.6 is 11.3 Å². The minimum absolute atomic E-state index is 0.0105. The summed E-state index contributed by atoms with van der Waals surface area (Å²) in [6.45, 7) is 5.36. The van der Waals surface area contributed by atoms with Gasteiger partial charge in [0.1, 0.15) is 15.7 Å². The lowest BCUT2D eigenvalue weighted by Gasteiger charge is -2.20. The Bertz CT molecular complexity index is 1730. The van der Waals surface area contributed by atoms with Crippen molar-refractivity contribution in [2.75, 3.05) is 0 Å². The van der Waals surface area contributed by atoms with Crippen molar-refractivity contribution in [2.24, 2.45) is 11.1 Å². The van der Waals surface area contributed by atoms with Gasteiger partial charge in [0.2, 0.25) is 10.0 Å². The average Bonchev–Trinajstić information content (AvgIpc) is 3.49. The zero-order valence-electron chi connectivity index (χ0n) is 22.3. The van der Waals surface area contributed by atoms with Crippen molar-refractivity contribution >= 4 is 27.3 Å². The largest absolute Gasteiger partial charge is 0.476 e. The smallest absolute Gasteiger partial charge is 0.355 e. The summed E-state index contributed by atoms with van der Waals surface area (Å²) in [7, 11) is -4.21. The molecule has 0 spiro atoms. The number of sulfonamides is 1. The highest BCUT2D eigenvalue weighted by Gasteiger charge is 2.29. The number of nitrogens with zero attached hydrogens (tertiary/aromatic N) is 2. The van der Waals surface area contributed by atoms with Crippen LogP contribution in [-0.4, -0.2) is 34.2 Å². The van der Waals surface area contributed by atoms with Crippen LogP contribution in [0.1, 0.15) is 58.9 Å². The lowest BCUT2D eigenvalue weighted by molar-refractivity contribution is 0.0690. The second kappa shape index (κ2) is 10.2. The molecular formula is C29H30FN3O5S2. The number of benzene rings is 2. The molecule has 11 heteroatoms. The number of carbonyl (C=O) groups is 1. The SMILES string of the molecule is Cc1sc(-c2cc(-c3cccc(C(C)(C)O)c3)n(Cc3ccc(S(N)(=O)=O)c(F)c3)c2CC2CC2)nc1C(=O)O. The molecule has 2 aromatic heterocycles. The van der Waals surface area contributed by atoms with Gasteiger partial charge in [0.25, 0.3) is 0 Å². The molecule has 1 aliphatic carbocycles. The predicted octanol–water partition coefficient (Wildman–Crippen LogP) is 5.30. The molecule has 0 aliphatic heterocycles. The molecule has 4 N–H and O–H groups in total. The highest BCUT2D eigenvalue weighted by molar-refractivity contribution is 7.89. The normalized spacial score (nSPS) is 14.1. The van der Waals surface area contributed by atoms with E-state index < -0.39 is 32.3 Å². The van der Waals surface area contributed by atoms with Crippen LogP contribution in [0.2, 0.25) is 0 Å². The van der Waals surface area contributed by atoms with Crippen molar-refractivity contribution in [2.45, 2.75) is 57.1 Å². The molecule has 0 atom stereocenters. The molecule has 8 nitrogen and oxygen atoms in total. The molecule has 2 heterocycles. The van der Waals surface area contributed by atoms with Gasteiger partial charge in [0.05, 0.1) is 5.60 Å². The van der Waals surface area contributed by atoms with Gasteiger partial charge in [-0.25, -0.2) is 27.7 Å². The highest BCUT2D eigenvalue weighted by Crippen LogP contribution is 2.42. The van der Waals surface area contributed by atoms with E-state index in [2.05, 4.69) is 9.55 Å². The first-order valence-corrected chi connectivity index (χ1v) is 15.2. The standard InChI is InChI=1S/C29H30FN3O5S2/c1-16-26(28(34)35)32-27(39-16)21-14-23(19-5-4-6-20(13-19)29(2,3)36)33(24(21)12-17-7-8-17)15-18-9-10-25(22(30)11-18)40(31,37)38/h4-6,9-11,13-14,17,36H,7-8,12,15H2,1-3H3,(H,34,35)(H2,31,37,38). The van der Waals surface area contributed by atoms with Crippen molar-refractivity contribution in [3.63, 3.8) is 0 Å². The summed E-state index contributed by atoms with van der Waals surface area (Å²) < 4.78 is 40.4. The van der Waals surface area contributed by atoms with Gasteiger partial charge in [-0.3, -0.25) is 0 Å². The van der Waals surface area contributed by atoms with Gasteiger partial charge in [0.15, 0.2) is 5.69 Å². The third-order valence-electron chi connectivity index (χ3n) is 7.13. The van der Waals surface area contributed by atoms with Crippen molar-refractivity contribution in [3.8, 4) is 21.8 Å². The summed E-state index contributed by atoms with van der Waals surface area (Å²) in [6.07, 6.45) is 2.87. The van der Waals surface area contributed by atoms with Crippen LogP contribution in [0.3, 0.4) is 0 Å². The summed E-state index contributed by atoms with van der Waals surface area (Å²) in [4.78, 5) is 16.2. The number of thiazole rings is 1. The number of carboxylic acids is 1. The number of hydrogen-bond donors (Lipinski definition) is 3. The molecule has 4 aromatic rings. The molecular weight excluding hydrogens is 553 g/mol. The molecule has 0 amide bonds. The zero-order valence-corrected chi connectivity index (χ0v) is 23.9. The van der Waals surface area contributed by atoms with Gasteiger partial charge in [-0.1, -0.05) is 24.3 Å². The van der Waals surface area contributed by atoms with Crippen LogP contribution in [0.25, 0.3) is 21.8 Å². The molecule has 1 fully saturated rings. The minimum atomic E-state index is -4.21. The molecule has 1 saturated carbocycles. The third kappa shape index (κ3) is 5.73. The molecule has 40 heavy (non-hydrogen) atoms. The van der Waals surface area contributed by atoms with E-state index in [4.69, 9.17) is 5.14 Å². The Balaban J connectivity index is 1.72. The maximum atomic E-state index is 14.8. The predicted molar refractivity (Wildman–Crippen MR) is 151 cm³/mol. The Morgan fingerprint density at radius 1 is 1.20 bits per heavy atom. The van der Waals surface area contributed by atoms with E-state index in [1.807, 2.05) is 30.3 Å². The lowest BCUT2D eigenvalue weighted by atomic mass is 9.95. The first-order chi connectivity index (χ1) is 18.7. The number of rotatable bonds is 9. The summed E-state index contributed by atoms with van der Waals surface area (Å²) in [6, 6.07) is 13.4. The fraction of sp³-hybridized carbons (Fsp3) is 0.310. The molecule has 0 saturated heterocycles. The lowest BCUT2D eigenvalue weighted by Crippen LogP contribution is -2.15. The van der Waals surface area contributed by atoms with Crippen molar-refractivity contribution in [3.05, 3.63) is 81.7 Å². The Morgan fingerprint density at radius 2 is 1.93 bits per heavy atom. The molecule has 210 valence electrons. The maximum Gasteiger partial charge on any atom is 0.355 e. The average molecular weight is 584 g/mol. The van der Waals surface area contributed by atoms with Crippen LogP contribution in [0, 0.1) is 18.7 Å². The monoisotopic (exact) mass is 583 g/mol. The van der Waals surface area contributed by atoms with Gasteiger partial charge in [-0.15, -0.1) is 11.3 Å². The van der Waals surface area contributed by atoms with Crippen molar-refractivity contribution in [1.82, 2.24) is 9.55 Å². The van der Waals surface area contributed by atoms with Gasteiger partial charge < -0.3 is 14.8 Å². The van der Waals surface area contributed by atoms with Gasteiger partial charge in [-0.05, 0) is 86.9 Å². The first kappa shape index (κ1) is 28.2. The van der Waals surface area contributed by atoms with Gasteiger partial charge in [0, 0.05) is 28.4 Å². The fourth-order valence-electron chi connectivity index (χ4n) is 4.83. The number of carboxylic acid groups (broad SMARTS) is 1. The number of primary sulfonamides is 1. The number of nitrogens with two attached hydrogens (primary N) is 1. The maximum absolute atomic E-state index is 14.8. The van der Waals surface area contributed by atoms with Crippen LogP contribution in [0.15, 0.2) is 53.4 Å². The van der Waals surface area contributed by atoms with Crippen molar-refractivity contribution in [1.29, 1.82) is 0 Å². The molecule has 5 rings (SSSR count). The number of aromatic carboxylic acids is 1. The second-order valence-electron chi connectivity index (χ2n) is 10.8.